The third kappa shape index (κ3) is 3.75. The van der Waals surface area contributed by atoms with Gasteiger partial charge in [-0.1, -0.05) is 22.0 Å². The zero-order chi connectivity index (χ0) is 21.3. The van der Waals surface area contributed by atoms with E-state index in [0.717, 1.165) is 45.4 Å². The lowest BCUT2D eigenvalue weighted by molar-refractivity contribution is 0.170. The van der Waals surface area contributed by atoms with Gasteiger partial charge in [0.15, 0.2) is 0 Å². The molecule has 0 saturated carbocycles. The molecule has 3 aromatic rings. The zero-order valence-electron chi connectivity index (χ0n) is 16.9. The van der Waals surface area contributed by atoms with Crippen LogP contribution in [0.5, 0.6) is 11.5 Å². The third-order valence-corrected chi connectivity index (χ3v) is 6.04. The first-order valence-electron chi connectivity index (χ1n) is 9.80. The Morgan fingerprint density at radius 3 is 2.57 bits per heavy atom. The number of methoxy groups -OCH3 is 1. The molecule has 0 atom stereocenters. The summed E-state index contributed by atoms with van der Waals surface area (Å²) in [5.41, 5.74) is 1.45. The van der Waals surface area contributed by atoms with E-state index in [1.54, 1.807) is 18.7 Å². The summed E-state index contributed by atoms with van der Waals surface area (Å²) in [5, 5.41) is 10.6. The molecule has 2 aromatic carbocycles. The van der Waals surface area contributed by atoms with Crippen molar-refractivity contribution in [1.29, 1.82) is 5.26 Å². The van der Waals surface area contributed by atoms with Gasteiger partial charge in [0.05, 0.1) is 18.3 Å². The van der Waals surface area contributed by atoms with Gasteiger partial charge >= 0.3 is 0 Å². The highest BCUT2D eigenvalue weighted by molar-refractivity contribution is 9.10. The summed E-state index contributed by atoms with van der Waals surface area (Å²) in [7, 11) is 3.34. The fraction of sp³-hybridized carbons (Fsp3) is 0.304. The van der Waals surface area contributed by atoms with Crippen LogP contribution in [-0.4, -0.2) is 30.9 Å². The molecular weight excluding hydrogens is 446 g/mol. The molecule has 0 amide bonds. The molecule has 1 saturated heterocycles. The molecular formula is C23H22BrN3O3. The maximum absolute atomic E-state index is 12.8. The number of benzene rings is 2. The Bertz CT molecular complexity index is 1190. The summed E-state index contributed by atoms with van der Waals surface area (Å²) in [5.74, 6) is 1.55. The van der Waals surface area contributed by atoms with Crippen LogP contribution in [0.15, 0.2) is 51.7 Å². The highest BCUT2D eigenvalue weighted by atomic mass is 79.9. The Balaban J connectivity index is 1.62. The smallest absolute Gasteiger partial charge is 0.270 e. The number of ether oxygens (including phenoxy) is 2. The number of halogens is 1. The van der Waals surface area contributed by atoms with Gasteiger partial charge in [0.1, 0.15) is 29.2 Å². The number of rotatable bonds is 4. The van der Waals surface area contributed by atoms with Gasteiger partial charge in [0.25, 0.3) is 5.56 Å². The van der Waals surface area contributed by atoms with Crippen LogP contribution in [-0.2, 0) is 7.05 Å². The Hall–Kier alpha value is -2.98. The minimum absolute atomic E-state index is 0.0726. The first-order valence-corrected chi connectivity index (χ1v) is 10.6. The van der Waals surface area contributed by atoms with Crippen molar-refractivity contribution in [3.05, 3.63) is 62.9 Å². The third-order valence-electron chi connectivity index (χ3n) is 5.54. The number of hydrogen-bond acceptors (Lipinski definition) is 5. The second kappa shape index (κ2) is 8.41. The van der Waals surface area contributed by atoms with Gasteiger partial charge in [0.2, 0.25) is 0 Å². The molecule has 4 rings (SSSR count). The molecule has 1 aromatic heterocycles. The maximum Gasteiger partial charge on any atom is 0.270 e. The van der Waals surface area contributed by atoms with Crippen molar-refractivity contribution in [2.45, 2.75) is 18.9 Å². The molecule has 0 radical (unpaired) electrons. The van der Waals surface area contributed by atoms with Crippen LogP contribution in [0, 0.1) is 11.3 Å². The average Bonchev–Trinajstić information content (AvgIpc) is 2.77. The van der Waals surface area contributed by atoms with Crippen molar-refractivity contribution >= 4 is 32.5 Å². The molecule has 0 spiro atoms. The van der Waals surface area contributed by atoms with Crippen molar-refractivity contribution in [1.82, 2.24) is 4.57 Å². The number of aryl methyl sites for hydroxylation is 1. The van der Waals surface area contributed by atoms with E-state index in [0.29, 0.717) is 13.1 Å². The predicted octanol–water partition coefficient (Wildman–Crippen LogP) is 4.23. The van der Waals surface area contributed by atoms with Crippen molar-refractivity contribution in [3.63, 3.8) is 0 Å². The Kier molecular flexibility index (Phi) is 5.69. The fourth-order valence-electron chi connectivity index (χ4n) is 4.00. The molecule has 0 N–H and O–H groups in total. The second-order valence-corrected chi connectivity index (χ2v) is 8.26. The Morgan fingerprint density at radius 2 is 1.87 bits per heavy atom. The number of piperidine rings is 1. The van der Waals surface area contributed by atoms with Gasteiger partial charge in [-0.25, -0.2) is 0 Å². The highest BCUT2D eigenvalue weighted by Gasteiger charge is 2.26. The molecule has 0 aliphatic carbocycles. The lowest BCUT2D eigenvalue weighted by Gasteiger charge is -2.35. The molecule has 6 nitrogen and oxygen atoms in total. The van der Waals surface area contributed by atoms with Gasteiger partial charge in [-0.3, -0.25) is 4.79 Å². The number of nitriles is 1. The minimum Gasteiger partial charge on any atom is -0.497 e. The van der Waals surface area contributed by atoms with Gasteiger partial charge in [-0.2, -0.15) is 5.26 Å². The van der Waals surface area contributed by atoms with Crippen LogP contribution in [0.4, 0.5) is 5.69 Å². The average molecular weight is 468 g/mol. The molecule has 1 aliphatic rings. The first kappa shape index (κ1) is 20.3. The molecule has 154 valence electrons. The zero-order valence-corrected chi connectivity index (χ0v) is 18.5. The number of pyridine rings is 1. The Morgan fingerprint density at radius 1 is 1.13 bits per heavy atom. The highest BCUT2D eigenvalue weighted by Crippen LogP contribution is 2.33. The number of hydrogen-bond donors (Lipinski definition) is 0. The first-order chi connectivity index (χ1) is 14.5. The fourth-order valence-corrected chi connectivity index (χ4v) is 4.36. The van der Waals surface area contributed by atoms with E-state index < -0.39 is 0 Å². The summed E-state index contributed by atoms with van der Waals surface area (Å²) in [6.45, 7) is 1.41. The molecule has 7 heteroatoms. The second-order valence-electron chi connectivity index (χ2n) is 7.34. The summed E-state index contributed by atoms with van der Waals surface area (Å²) in [6.07, 6.45) is 1.67. The standard InChI is InChI=1S/C23H22BrN3O3/c1-26-21-7-6-15(24)12-19(21)22(20(14-25)23(26)28)27-10-8-16(9-11-27)30-18-5-3-4-17(13-18)29-2/h3-7,12-13,16H,8-11H2,1-2H3. The van der Waals surface area contributed by atoms with Crippen molar-refractivity contribution in [2.75, 3.05) is 25.1 Å². The van der Waals surface area contributed by atoms with Gasteiger partial charge in [-0.05, 0) is 30.3 Å². The molecule has 30 heavy (non-hydrogen) atoms. The van der Waals surface area contributed by atoms with Crippen LogP contribution in [0.3, 0.4) is 0 Å². The number of anilines is 1. The normalized spacial score (nSPS) is 14.5. The minimum atomic E-state index is -0.267. The maximum atomic E-state index is 12.8. The number of nitrogens with zero attached hydrogens (tertiary/aromatic N) is 3. The van der Waals surface area contributed by atoms with Gasteiger partial charge in [-0.15, -0.1) is 0 Å². The lowest BCUT2D eigenvalue weighted by Crippen LogP contribution is -2.40. The van der Waals surface area contributed by atoms with E-state index in [9.17, 15) is 10.1 Å². The van der Waals surface area contributed by atoms with Gasteiger partial charge < -0.3 is 18.9 Å². The van der Waals surface area contributed by atoms with Crippen molar-refractivity contribution < 1.29 is 9.47 Å². The van der Waals surface area contributed by atoms with E-state index in [4.69, 9.17) is 9.47 Å². The summed E-state index contributed by atoms with van der Waals surface area (Å²) in [4.78, 5) is 14.9. The molecule has 1 fully saturated rings. The monoisotopic (exact) mass is 467 g/mol. The summed E-state index contributed by atoms with van der Waals surface area (Å²) in [6, 6.07) is 15.5. The summed E-state index contributed by atoms with van der Waals surface area (Å²) < 4.78 is 13.9. The van der Waals surface area contributed by atoms with Gasteiger partial charge in [0, 0.05) is 48.9 Å². The van der Waals surface area contributed by atoms with Crippen LogP contribution < -0.4 is 19.9 Å². The van der Waals surface area contributed by atoms with Crippen LogP contribution >= 0.6 is 15.9 Å². The van der Waals surface area contributed by atoms with Crippen LogP contribution in [0.1, 0.15) is 18.4 Å². The van der Waals surface area contributed by atoms with E-state index in [-0.39, 0.29) is 17.2 Å². The number of fused-ring (bicyclic) bond motifs is 1. The lowest BCUT2D eigenvalue weighted by atomic mass is 10.0. The quantitative estimate of drug-likeness (QED) is 0.574. The topological polar surface area (TPSA) is 67.5 Å². The van der Waals surface area contributed by atoms with E-state index in [1.165, 1.54) is 0 Å². The van der Waals surface area contributed by atoms with E-state index in [1.807, 2.05) is 42.5 Å². The molecule has 1 aliphatic heterocycles. The van der Waals surface area contributed by atoms with Crippen LogP contribution in [0.25, 0.3) is 10.9 Å². The van der Waals surface area contributed by atoms with Crippen molar-refractivity contribution in [3.8, 4) is 17.6 Å². The summed E-state index contributed by atoms with van der Waals surface area (Å²) >= 11 is 3.52. The Labute approximate surface area is 183 Å². The molecule has 0 bridgehead atoms. The van der Waals surface area contributed by atoms with E-state index in [2.05, 4.69) is 26.9 Å². The van der Waals surface area contributed by atoms with Crippen molar-refractivity contribution in [2.24, 2.45) is 7.05 Å². The largest absolute Gasteiger partial charge is 0.497 e. The molecule has 2 heterocycles. The molecule has 0 unspecified atom stereocenters. The van der Waals surface area contributed by atoms with E-state index >= 15 is 0 Å². The predicted molar refractivity (Wildman–Crippen MR) is 120 cm³/mol. The SMILES string of the molecule is COc1cccc(OC2CCN(c3c(C#N)c(=O)n(C)c4ccc(Br)cc34)CC2)c1. The van der Waals surface area contributed by atoms with Crippen LogP contribution in [0.2, 0.25) is 0 Å². The number of aromatic nitrogens is 1.